The van der Waals surface area contributed by atoms with E-state index in [1.807, 2.05) is 42.3 Å². The molecule has 1 unspecified atom stereocenters. The fraction of sp³-hybridized carbons (Fsp3) is 0.429. The highest BCUT2D eigenvalue weighted by Crippen LogP contribution is 2.21. The van der Waals surface area contributed by atoms with E-state index in [1.54, 1.807) is 4.90 Å². The maximum atomic E-state index is 12.4. The normalized spacial score (nSPS) is 20.6. The molecule has 1 atom stereocenters. The van der Waals surface area contributed by atoms with Crippen molar-refractivity contribution in [3.8, 4) is 0 Å². The predicted octanol–water partition coefficient (Wildman–Crippen LogP) is 1.20. The highest BCUT2D eigenvalue weighted by atomic mass is 16.4. The van der Waals surface area contributed by atoms with Crippen molar-refractivity contribution < 1.29 is 14.7 Å². The van der Waals surface area contributed by atoms with Crippen molar-refractivity contribution in [2.45, 2.75) is 18.9 Å². The molecule has 1 aromatic carbocycles. The summed E-state index contributed by atoms with van der Waals surface area (Å²) in [6.07, 6.45) is 0.372. The monoisotopic (exact) mass is 262 g/mol. The number of carboxylic acid groups (broad SMARTS) is 1. The minimum Gasteiger partial charge on any atom is -0.481 e. The second-order valence-electron chi connectivity index (χ2n) is 4.75. The predicted molar refractivity (Wildman–Crippen MR) is 72.1 cm³/mol. The Morgan fingerprint density at radius 1 is 1.32 bits per heavy atom. The van der Waals surface area contributed by atoms with E-state index in [4.69, 9.17) is 5.11 Å². The zero-order valence-corrected chi connectivity index (χ0v) is 11.0. The number of anilines is 1. The number of amides is 1. The second-order valence-corrected chi connectivity index (χ2v) is 4.75. The molecule has 1 amide bonds. The first-order chi connectivity index (χ1) is 9.09. The standard InChI is InChI=1S/C14H18N2O3/c1-15-9-10-16(11-5-3-2-4-6-11)14(19)12(15)7-8-13(17)18/h2-6,12H,7-10H2,1H3,(H,17,18). The summed E-state index contributed by atoms with van der Waals surface area (Å²) < 4.78 is 0. The maximum absolute atomic E-state index is 12.4. The fourth-order valence-corrected chi connectivity index (χ4v) is 2.36. The van der Waals surface area contributed by atoms with E-state index in [0.717, 1.165) is 12.2 Å². The number of benzene rings is 1. The highest BCUT2D eigenvalue weighted by Gasteiger charge is 2.33. The number of para-hydroxylation sites is 1. The first-order valence-corrected chi connectivity index (χ1v) is 6.38. The van der Waals surface area contributed by atoms with Gasteiger partial charge in [0.2, 0.25) is 5.91 Å². The molecule has 19 heavy (non-hydrogen) atoms. The van der Waals surface area contributed by atoms with Gasteiger partial charge in [0.15, 0.2) is 0 Å². The van der Waals surface area contributed by atoms with E-state index in [-0.39, 0.29) is 18.4 Å². The Labute approximate surface area is 112 Å². The van der Waals surface area contributed by atoms with Gasteiger partial charge in [-0.15, -0.1) is 0 Å². The van der Waals surface area contributed by atoms with Crippen molar-refractivity contribution >= 4 is 17.6 Å². The van der Waals surface area contributed by atoms with Crippen LogP contribution in [0.5, 0.6) is 0 Å². The highest BCUT2D eigenvalue weighted by molar-refractivity contribution is 5.98. The molecule has 1 aliphatic rings. The molecule has 0 aromatic heterocycles. The molecule has 1 fully saturated rings. The Morgan fingerprint density at radius 2 is 2.00 bits per heavy atom. The van der Waals surface area contributed by atoms with Crippen LogP contribution in [-0.4, -0.2) is 48.1 Å². The smallest absolute Gasteiger partial charge is 0.303 e. The van der Waals surface area contributed by atoms with Crippen LogP contribution in [0.2, 0.25) is 0 Å². The molecule has 2 rings (SSSR count). The van der Waals surface area contributed by atoms with Crippen molar-refractivity contribution in [2.24, 2.45) is 0 Å². The molecule has 1 aromatic rings. The Kier molecular flexibility index (Phi) is 4.16. The van der Waals surface area contributed by atoms with Crippen LogP contribution in [0.1, 0.15) is 12.8 Å². The lowest BCUT2D eigenvalue weighted by Gasteiger charge is -2.38. The zero-order valence-electron chi connectivity index (χ0n) is 11.0. The molecule has 5 nitrogen and oxygen atoms in total. The summed E-state index contributed by atoms with van der Waals surface area (Å²) in [6, 6.07) is 9.16. The average molecular weight is 262 g/mol. The molecule has 5 heteroatoms. The van der Waals surface area contributed by atoms with Crippen LogP contribution in [0, 0.1) is 0 Å². The summed E-state index contributed by atoms with van der Waals surface area (Å²) in [4.78, 5) is 26.8. The number of piperazine rings is 1. The molecular formula is C14H18N2O3. The lowest BCUT2D eigenvalue weighted by atomic mass is 10.1. The van der Waals surface area contributed by atoms with Gasteiger partial charge in [-0.2, -0.15) is 0 Å². The first kappa shape index (κ1) is 13.5. The number of likely N-dealkylation sites (N-methyl/N-ethyl adjacent to an activating group) is 1. The van der Waals surface area contributed by atoms with Crippen molar-refractivity contribution in [1.29, 1.82) is 0 Å². The first-order valence-electron chi connectivity index (χ1n) is 6.38. The summed E-state index contributed by atoms with van der Waals surface area (Å²) in [6.45, 7) is 1.40. The molecule has 0 saturated carbocycles. The van der Waals surface area contributed by atoms with Gasteiger partial charge < -0.3 is 10.0 Å². The Morgan fingerprint density at radius 3 is 2.63 bits per heavy atom. The van der Waals surface area contributed by atoms with Gasteiger partial charge in [-0.3, -0.25) is 14.5 Å². The molecule has 102 valence electrons. The molecule has 1 saturated heterocycles. The number of carbonyl (C=O) groups excluding carboxylic acids is 1. The van der Waals surface area contributed by atoms with E-state index in [2.05, 4.69) is 0 Å². The van der Waals surface area contributed by atoms with Crippen LogP contribution < -0.4 is 4.90 Å². The minimum absolute atomic E-state index is 0.0128. The van der Waals surface area contributed by atoms with Crippen molar-refractivity contribution in [3.63, 3.8) is 0 Å². The van der Waals surface area contributed by atoms with Gasteiger partial charge in [0.05, 0.1) is 6.04 Å². The number of rotatable bonds is 4. The summed E-state index contributed by atoms with van der Waals surface area (Å²) in [5.41, 5.74) is 0.876. The van der Waals surface area contributed by atoms with E-state index >= 15 is 0 Å². The van der Waals surface area contributed by atoms with Crippen LogP contribution >= 0.6 is 0 Å². The molecular weight excluding hydrogens is 244 g/mol. The van der Waals surface area contributed by atoms with Crippen LogP contribution in [0.4, 0.5) is 5.69 Å². The van der Waals surface area contributed by atoms with Gasteiger partial charge in [-0.25, -0.2) is 0 Å². The topological polar surface area (TPSA) is 60.9 Å². The molecule has 0 bridgehead atoms. The third kappa shape index (κ3) is 3.12. The van der Waals surface area contributed by atoms with Crippen LogP contribution in [0.25, 0.3) is 0 Å². The molecule has 0 aliphatic carbocycles. The summed E-state index contributed by atoms with van der Waals surface area (Å²) in [7, 11) is 1.87. The summed E-state index contributed by atoms with van der Waals surface area (Å²) >= 11 is 0. The van der Waals surface area contributed by atoms with Gasteiger partial charge in [0.1, 0.15) is 0 Å². The van der Waals surface area contributed by atoms with Crippen molar-refractivity contribution in [3.05, 3.63) is 30.3 Å². The summed E-state index contributed by atoms with van der Waals surface area (Å²) in [5, 5.41) is 8.76. The van der Waals surface area contributed by atoms with Gasteiger partial charge >= 0.3 is 5.97 Å². The van der Waals surface area contributed by atoms with E-state index in [1.165, 1.54) is 0 Å². The zero-order chi connectivity index (χ0) is 13.8. The summed E-state index contributed by atoms with van der Waals surface area (Å²) in [5.74, 6) is -0.876. The molecule has 1 aliphatic heterocycles. The Hall–Kier alpha value is -1.88. The minimum atomic E-state index is -0.863. The van der Waals surface area contributed by atoms with Crippen LogP contribution in [-0.2, 0) is 9.59 Å². The maximum Gasteiger partial charge on any atom is 0.303 e. The Balaban J connectivity index is 2.12. The van der Waals surface area contributed by atoms with E-state index in [9.17, 15) is 9.59 Å². The second kappa shape index (κ2) is 5.84. The number of nitrogens with zero attached hydrogens (tertiary/aromatic N) is 2. The number of hydrogen-bond donors (Lipinski definition) is 1. The van der Waals surface area contributed by atoms with E-state index in [0.29, 0.717) is 13.0 Å². The third-order valence-corrected chi connectivity index (χ3v) is 3.46. The van der Waals surface area contributed by atoms with Crippen molar-refractivity contribution in [1.82, 2.24) is 4.90 Å². The van der Waals surface area contributed by atoms with Crippen molar-refractivity contribution in [2.75, 3.05) is 25.0 Å². The largest absolute Gasteiger partial charge is 0.481 e. The number of carbonyl (C=O) groups is 2. The number of carboxylic acids is 1. The Bertz CT molecular complexity index is 461. The lowest BCUT2D eigenvalue weighted by Crippen LogP contribution is -2.55. The fourth-order valence-electron chi connectivity index (χ4n) is 2.36. The van der Waals surface area contributed by atoms with Crippen LogP contribution in [0.3, 0.4) is 0 Å². The number of hydrogen-bond acceptors (Lipinski definition) is 3. The quantitative estimate of drug-likeness (QED) is 0.885. The van der Waals surface area contributed by atoms with Gasteiger partial charge in [-0.05, 0) is 25.6 Å². The third-order valence-electron chi connectivity index (χ3n) is 3.46. The van der Waals surface area contributed by atoms with Crippen LogP contribution in [0.15, 0.2) is 30.3 Å². The van der Waals surface area contributed by atoms with E-state index < -0.39 is 5.97 Å². The van der Waals surface area contributed by atoms with Gasteiger partial charge in [0.25, 0.3) is 0 Å². The van der Waals surface area contributed by atoms with Gasteiger partial charge in [-0.1, -0.05) is 18.2 Å². The number of aliphatic carboxylic acids is 1. The average Bonchev–Trinajstić information content (AvgIpc) is 2.39. The molecule has 1 N–H and O–H groups in total. The SMILES string of the molecule is CN1CCN(c2ccccc2)C(=O)C1CCC(=O)O. The molecule has 0 radical (unpaired) electrons. The molecule has 0 spiro atoms. The molecule has 1 heterocycles. The lowest BCUT2D eigenvalue weighted by molar-refractivity contribution is -0.137. The van der Waals surface area contributed by atoms with Gasteiger partial charge in [0, 0.05) is 25.2 Å².